The summed E-state index contributed by atoms with van der Waals surface area (Å²) in [6.45, 7) is -2.95. The molecule has 1 atom stereocenters. The van der Waals surface area contributed by atoms with Gasteiger partial charge in [-0.25, -0.2) is 0 Å². The summed E-state index contributed by atoms with van der Waals surface area (Å²) in [6.07, 6.45) is -6.31. The van der Waals surface area contributed by atoms with Gasteiger partial charge < -0.3 is 5.32 Å². The fourth-order valence-electron chi connectivity index (χ4n) is 0.766. The van der Waals surface area contributed by atoms with Gasteiger partial charge in [0, 0.05) is 18.7 Å². The summed E-state index contributed by atoms with van der Waals surface area (Å²) in [7, 11) is 0. The van der Waals surface area contributed by atoms with E-state index in [-0.39, 0.29) is 4.47 Å². The van der Waals surface area contributed by atoms with E-state index >= 15 is 0 Å². The number of hydrogen-bond acceptors (Lipinski definition) is 1. The highest BCUT2D eigenvalue weighted by Gasteiger charge is 2.15. The Balaban J connectivity index is 2.87. The number of benzene rings is 1. The molecule has 2 heteroatoms. The maximum atomic E-state index is 8.29. The second-order valence-corrected chi connectivity index (χ2v) is 2.86. The molecule has 1 aromatic carbocycles. The second-order valence-electron chi connectivity index (χ2n) is 2.06. The molecule has 64 valence electrons. The lowest BCUT2D eigenvalue weighted by molar-refractivity contribution is 0.648. The average molecular weight is 237 g/mol. The van der Waals surface area contributed by atoms with Gasteiger partial charge in [-0.15, -0.1) is 0 Å². The van der Waals surface area contributed by atoms with E-state index in [0.717, 1.165) is 0 Å². The minimum absolute atomic E-state index is 0.176. The first kappa shape index (κ1) is 2.37. The number of halogens is 1. The van der Waals surface area contributed by atoms with Crippen molar-refractivity contribution in [2.24, 2.45) is 0 Å². The first-order chi connectivity index (χ1) is 10.1. The van der Waals surface area contributed by atoms with Crippen molar-refractivity contribution in [2.45, 2.75) is 18.8 Å². The van der Waals surface area contributed by atoms with E-state index in [9.17, 15) is 0 Å². The summed E-state index contributed by atoms with van der Waals surface area (Å²) in [5.74, 6) is 0. The van der Waals surface area contributed by atoms with Crippen LogP contribution in [-0.4, -0.2) is 6.50 Å². The smallest absolute Gasteiger partial charge is 0.0635 e. The van der Waals surface area contributed by atoms with Crippen LogP contribution in [-0.2, 0) is 0 Å². The summed E-state index contributed by atoms with van der Waals surface area (Å²) < 4.78 is 85.9. The number of nitrogens with one attached hydrogen (secondary N) is 1. The second kappa shape index (κ2) is 3.58. The van der Waals surface area contributed by atoms with E-state index < -0.39 is 55.0 Å². The Hall–Kier alpha value is -0.340. The molecule has 1 aliphatic heterocycles. The molecule has 1 unspecified atom stereocenters. The lowest BCUT2D eigenvalue weighted by Gasteiger charge is -2.09. The molecule has 0 radical (unpaired) electrons. The van der Waals surface area contributed by atoms with Crippen molar-refractivity contribution in [3.8, 4) is 0 Å². The largest absolute Gasteiger partial charge is 0.310 e. The Morgan fingerprint density at radius 3 is 2.92 bits per heavy atom. The highest BCUT2D eigenvalue weighted by atomic mass is 79.9. The summed E-state index contributed by atoms with van der Waals surface area (Å²) >= 11 is 2.88. The first-order valence-corrected chi connectivity index (χ1v) is 3.98. The van der Waals surface area contributed by atoms with Crippen LogP contribution in [0.4, 0.5) is 0 Å². The molecule has 1 saturated heterocycles. The van der Waals surface area contributed by atoms with Crippen LogP contribution in [0.1, 0.15) is 39.4 Å². The lowest BCUT2D eigenvalue weighted by Crippen LogP contribution is -2.12. The number of rotatable bonds is 1. The van der Waals surface area contributed by atoms with Crippen molar-refractivity contribution in [3.05, 3.63) is 34.2 Å². The minimum Gasteiger partial charge on any atom is -0.310 e. The molecular formula is C10H12BrN. The third-order valence-electron chi connectivity index (χ3n) is 1.28. The zero-order valence-electron chi connectivity index (χ0n) is 16.9. The molecule has 0 bridgehead atoms. The molecule has 0 aromatic heterocycles. The van der Waals surface area contributed by atoms with Gasteiger partial charge in [0.1, 0.15) is 0 Å². The monoisotopic (exact) mass is 236 g/mol. The molecule has 1 heterocycles. The first-order valence-electron chi connectivity index (χ1n) is 8.69. The van der Waals surface area contributed by atoms with Gasteiger partial charge in [0.15, 0.2) is 0 Å². The molecule has 1 nitrogen and oxygen atoms in total. The van der Waals surface area contributed by atoms with E-state index in [1.54, 1.807) is 0 Å². The van der Waals surface area contributed by atoms with E-state index in [1.165, 1.54) is 0 Å². The molecule has 1 aromatic rings. The molecule has 2 rings (SSSR count). The Labute approximate surface area is 96.8 Å². The van der Waals surface area contributed by atoms with Gasteiger partial charge in [0.25, 0.3) is 0 Å². The Morgan fingerprint density at radius 1 is 1.58 bits per heavy atom. The molecule has 1 aliphatic rings. The summed E-state index contributed by atoms with van der Waals surface area (Å²) in [5.41, 5.74) is -0.744. The molecular weight excluding hydrogens is 214 g/mol. The van der Waals surface area contributed by atoms with Crippen LogP contribution in [0.2, 0.25) is 0 Å². The van der Waals surface area contributed by atoms with Crippen LogP contribution in [0.5, 0.6) is 0 Å². The van der Waals surface area contributed by atoms with Crippen LogP contribution >= 0.6 is 15.9 Å². The summed E-state index contributed by atoms with van der Waals surface area (Å²) in [5, 5.41) is 1.89. The highest BCUT2D eigenvalue weighted by molar-refractivity contribution is 9.10. The lowest BCUT2D eigenvalue weighted by atomic mass is 10.1. The molecule has 0 aliphatic carbocycles. The topological polar surface area (TPSA) is 12.0 Å². The summed E-state index contributed by atoms with van der Waals surface area (Å²) in [6, 6.07) is -5.44. The molecule has 0 amide bonds. The molecule has 1 fully saturated rings. The van der Waals surface area contributed by atoms with Crippen molar-refractivity contribution in [2.75, 3.05) is 6.50 Å². The van der Waals surface area contributed by atoms with E-state index in [1.807, 2.05) is 5.32 Å². The third-order valence-corrected chi connectivity index (χ3v) is 1.68. The normalized spacial score (nSPS) is 54.9. The maximum absolute atomic E-state index is 8.29. The van der Waals surface area contributed by atoms with Gasteiger partial charge in [0.05, 0.1) is 6.85 Å². The van der Waals surface area contributed by atoms with E-state index in [4.69, 9.17) is 15.1 Å². The minimum atomic E-state index is -3.16. The molecule has 1 N–H and O–H groups in total. The quantitative estimate of drug-likeness (QED) is 0.791. The van der Waals surface area contributed by atoms with Crippen molar-refractivity contribution in [1.29, 1.82) is 0 Å². The highest BCUT2D eigenvalue weighted by Crippen LogP contribution is 2.23. The van der Waals surface area contributed by atoms with Gasteiger partial charge in [-0.1, -0.05) is 28.0 Å². The van der Waals surface area contributed by atoms with Crippen molar-refractivity contribution in [1.82, 2.24) is 5.32 Å². The zero-order chi connectivity index (χ0) is 18.2. The number of hydrogen-bond donors (Lipinski definition) is 1. The van der Waals surface area contributed by atoms with Crippen LogP contribution in [0, 0.1) is 0 Å². The van der Waals surface area contributed by atoms with Gasteiger partial charge in [-0.3, -0.25) is 0 Å². The fraction of sp³-hybridized carbons (Fsp3) is 0.400. The molecule has 0 saturated carbocycles. The Morgan fingerprint density at radius 2 is 2.33 bits per heavy atom. The predicted octanol–water partition coefficient (Wildman–Crippen LogP) is 2.87. The van der Waals surface area contributed by atoms with Crippen molar-refractivity contribution >= 4 is 15.9 Å². The van der Waals surface area contributed by atoms with E-state index in [0.29, 0.717) is 0 Å². The van der Waals surface area contributed by atoms with Gasteiger partial charge in [-0.2, -0.15) is 0 Å². The standard InChI is InChI=1S/C10H12BrN/c11-9-5-3-8(4-6-9)10-2-1-7-12-10/h3-6,10,12H,1-2,7H2/i1D2,2D2,3D,4D,5D,6D,7D2,10D. The van der Waals surface area contributed by atoms with Crippen LogP contribution < -0.4 is 5.32 Å². The van der Waals surface area contributed by atoms with Crippen molar-refractivity contribution in [3.63, 3.8) is 0 Å². The fourth-order valence-corrected chi connectivity index (χ4v) is 0.964. The molecule has 0 spiro atoms. The summed E-state index contributed by atoms with van der Waals surface area (Å²) in [4.78, 5) is 0. The SMILES string of the molecule is [2H]c1c([2H])c(C2([2H])NC([2H])([2H])C([2H])([2H])C2([2H])[2H])c([2H])c([2H])c1Br. The maximum Gasteiger partial charge on any atom is 0.0635 e. The van der Waals surface area contributed by atoms with Crippen LogP contribution in [0.15, 0.2) is 28.6 Å². The molecule has 12 heavy (non-hydrogen) atoms. The van der Waals surface area contributed by atoms with E-state index in [2.05, 4.69) is 15.9 Å². The predicted molar refractivity (Wildman–Crippen MR) is 54.1 cm³/mol. The third kappa shape index (κ3) is 1.70. The van der Waals surface area contributed by atoms with Crippen LogP contribution in [0.3, 0.4) is 0 Å². The zero-order valence-corrected chi connectivity index (χ0v) is 7.46. The van der Waals surface area contributed by atoms with Crippen molar-refractivity contribution < 1.29 is 15.1 Å². The Kier molecular flexibility index (Phi) is 0.707. The van der Waals surface area contributed by atoms with Gasteiger partial charge in [-0.05, 0) is 36.9 Å². The van der Waals surface area contributed by atoms with Gasteiger partial charge >= 0.3 is 0 Å². The van der Waals surface area contributed by atoms with Crippen LogP contribution in [0.25, 0.3) is 0 Å². The van der Waals surface area contributed by atoms with Gasteiger partial charge in [0.2, 0.25) is 0 Å². The Bertz CT molecular complexity index is 659. The average Bonchev–Trinajstić information content (AvgIpc) is 2.50.